The number of rotatable bonds is 9. The van der Waals surface area contributed by atoms with Crippen molar-refractivity contribution >= 4 is 40.0 Å². The average molecular weight is 496 g/mol. The van der Waals surface area contributed by atoms with Crippen molar-refractivity contribution in [1.29, 1.82) is 0 Å². The lowest BCUT2D eigenvalue weighted by Crippen LogP contribution is -2.32. The van der Waals surface area contributed by atoms with Gasteiger partial charge in [-0.3, -0.25) is 4.79 Å². The van der Waals surface area contributed by atoms with E-state index < -0.39 is 0 Å². The van der Waals surface area contributed by atoms with Gasteiger partial charge in [-0.2, -0.15) is 0 Å². The zero-order valence-corrected chi connectivity index (χ0v) is 22.8. The normalized spacial score (nSPS) is 16.7. The van der Waals surface area contributed by atoms with Crippen LogP contribution in [0.5, 0.6) is 0 Å². The van der Waals surface area contributed by atoms with E-state index in [9.17, 15) is 4.79 Å². The van der Waals surface area contributed by atoms with Crippen LogP contribution < -0.4 is 16.0 Å². The molecule has 0 bridgehead atoms. The predicted octanol–water partition coefficient (Wildman–Crippen LogP) is 6.91. The second-order valence-corrected chi connectivity index (χ2v) is 10.9. The topological polar surface area (TPSA) is 58.4 Å². The number of allylic oxidation sites excluding steroid dienone is 2. The third kappa shape index (κ3) is 6.29. The van der Waals surface area contributed by atoms with Gasteiger partial charge in [0.2, 0.25) is 5.91 Å². The maximum absolute atomic E-state index is 13.1. The Labute approximate surface area is 213 Å². The molecule has 2 aromatic carbocycles. The quantitative estimate of drug-likeness (QED) is 0.396. The zero-order valence-electron chi connectivity index (χ0n) is 21.2. The Morgan fingerprint density at radius 2 is 1.68 bits per heavy atom. The number of nitrogens with zero attached hydrogens (tertiary/aromatic N) is 1. The molecule has 1 aliphatic rings. The number of amides is 1. The van der Waals surface area contributed by atoms with Gasteiger partial charge in [0.05, 0.1) is 17.1 Å². The van der Waals surface area contributed by atoms with Crippen LogP contribution in [-0.2, 0) is 17.6 Å². The molecule has 1 atom stereocenters. The molecule has 6 heteroatoms. The molecule has 0 saturated heterocycles. The first-order valence-corrected chi connectivity index (χ1v) is 13.7. The van der Waals surface area contributed by atoms with Crippen molar-refractivity contribution in [1.82, 2.24) is 5.32 Å². The highest BCUT2D eigenvalue weighted by molar-refractivity contribution is 8.11. The summed E-state index contributed by atoms with van der Waals surface area (Å²) in [5.41, 5.74) is 13.2. The smallest absolute Gasteiger partial charge is 0.229 e. The minimum Gasteiger partial charge on any atom is -0.349 e. The Hall–Kier alpha value is -2.15. The molecule has 0 saturated carbocycles. The van der Waals surface area contributed by atoms with Crippen LogP contribution in [0.25, 0.3) is 4.91 Å². The van der Waals surface area contributed by atoms with Crippen LogP contribution in [0.4, 0.5) is 5.69 Å². The Morgan fingerprint density at radius 1 is 1.03 bits per heavy atom. The van der Waals surface area contributed by atoms with Gasteiger partial charge in [0, 0.05) is 16.8 Å². The van der Waals surface area contributed by atoms with E-state index in [-0.39, 0.29) is 11.4 Å². The number of carbonyl (C=O) groups excluding carboxylic acids is 1. The van der Waals surface area contributed by atoms with Crippen LogP contribution in [-0.4, -0.2) is 18.5 Å². The lowest BCUT2D eigenvalue weighted by molar-refractivity contribution is -0.119. The molecule has 1 unspecified atom stereocenters. The number of fused-ring (bicyclic) bond motifs is 1. The van der Waals surface area contributed by atoms with Crippen LogP contribution in [0.1, 0.15) is 64.2 Å². The minimum absolute atomic E-state index is 0.00531. The number of hydrogen-bond acceptors (Lipinski definition) is 5. The second kappa shape index (κ2) is 12.0. The van der Waals surface area contributed by atoms with Crippen LogP contribution in [0.3, 0.4) is 0 Å². The Bertz CT molecular complexity index is 1090. The van der Waals surface area contributed by atoms with E-state index in [1.54, 1.807) is 23.5 Å². The van der Waals surface area contributed by atoms with Gasteiger partial charge in [-0.1, -0.05) is 80.2 Å². The summed E-state index contributed by atoms with van der Waals surface area (Å²) in [6.45, 7) is 10.8. The van der Waals surface area contributed by atoms with Gasteiger partial charge >= 0.3 is 0 Å². The van der Waals surface area contributed by atoms with Crippen LogP contribution in [0.2, 0.25) is 0 Å². The van der Waals surface area contributed by atoms with E-state index in [4.69, 9.17) is 5.73 Å². The summed E-state index contributed by atoms with van der Waals surface area (Å²) in [6.07, 6.45) is 3.22. The maximum atomic E-state index is 13.1. The number of hydrogen-bond donors (Lipinski definition) is 2. The summed E-state index contributed by atoms with van der Waals surface area (Å²) < 4.78 is 0. The summed E-state index contributed by atoms with van der Waals surface area (Å²) in [5.74, 6) is 0.00531. The van der Waals surface area contributed by atoms with Gasteiger partial charge in [-0.15, -0.1) is 0 Å². The first-order valence-electron chi connectivity index (χ1n) is 12.0. The van der Waals surface area contributed by atoms with Gasteiger partial charge in [0.25, 0.3) is 0 Å². The van der Waals surface area contributed by atoms with E-state index in [1.165, 1.54) is 27.2 Å². The first-order chi connectivity index (χ1) is 16.3. The highest BCUT2D eigenvalue weighted by Crippen LogP contribution is 2.41. The largest absolute Gasteiger partial charge is 0.349 e. The van der Waals surface area contributed by atoms with Crippen molar-refractivity contribution in [3.63, 3.8) is 0 Å². The number of benzene rings is 2. The van der Waals surface area contributed by atoms with Crippen molar-refractivity contribution in [2.45, 2.75) is 70.7 Å². The summed E-state index contributed by atoms with van der Waals surface area (Å²) >= 11 is 3.31. The fourth-order valence-electron chi connectivity index (χ4n) is 3.68. The minimum atomic E-state index is -0.0735. The van der Waals surface area contributed by atoms with Gasteiger partial charge in [-0.05, 0) is 67.5 Å². The standard InChI is InChI=1S/C28H37N3OS2/c1-7-18(4)26(22-13-10-20(9-3)11-14-22)34-27(19(5)8-2)30-25(32)17-21-12-15-23-24(16-21)33-28(29)31(23)6/h10-16,28H,7-9,17,29H2,1-6H3,(H,30,32)/b26-18-,27-19+. The lowest BCUT2D eigenvalue weighted by atomic mass is 10.1. The molecule has 0 aromatic heterocycles. The van der Waals surface area contributed by atoms with Crippen LogP contribution in [0, 0.1) is 0 Å². The number of nitrogens with one attached hydrogen (secondary N) is 1. The Morgan fingerprint density at radius 3 is 2.29 bits per heavy atom. The molecule has 34 heavy (non-hydrogen) atoms. The van der Waals surface area contributed by atoms with Crippen molar-refractivity contribution < 1.29 is 4.79 Å². The van der Waals surface area contributed by atoms with Gasteiger partial charge < -0.3 is 16.0 Å². The number of carbonyl (C=O) groups is 1. The summed E-state index contributed by atoms with van der Waals surface area (Å²) in [5, 5.41) is 4.17. The molecule has 2 aromatic rings. The Kier molecular flexibility index (Phi) is 9.34. The van der Waals surface area contributed by atoms with Crippen molar-refractivity contribution in [2.75, 3.05) is 11.9 Å². The molecule has 0 fully saturated rings. The first kappa shape index (κ1) is 26.5. The fourth-order valence-corrected chi connectivity index (χ4v) is 6.03. The maximum Gasteiger partial charge on any atom is 0.229 e. The van der Waals surface area contributed by atoms with E-state index in [2.05, 4.69) is 81.2 Å². The van der Waals surface area contributed by atoms with Gasteiger partial charge in [0.1, 0.15) is 5.50 Å². The molecule has 3 rings (SSSR count). The number of anilines is 1. The third-order valence-electron chi connectivity index (χ3n) is 6.32. The molecule has 182 valence electrons. The van der Waals surface area contributed by atoms with E-state index in [0.29, 0.717) is 6.42 Å². The molecule has 1 aliphatic heterocycles. The molecule has 1 amide bonds. The molecule has 1 heterocycles. The molecular formula is C28H37N3OS2. The highest BCUT2D eigenvalue weighted by atomic mass is 32.2. The predicted molar refractivity (Wildman–Crippen MR) is 150 cm³/mol. The molecular weight excluding hydrogens is 458 g/mol. The summed E-state index contributed by atoms with van der Waals surface area (Å²) in [7, 11) is 2.00. The van der Waals surface area contributed by atoms with Crippen molar-refractivity contribution in [2.24, 2.45) is 5.73 Å². The van der Waals surface area contributed by atoms with Crippen LogP contribution in [0.15, 0.2) is 63.5 Å². The molecule has 0 radical (unpaired) electrons. The number of nitrogens with two attached hydrogens (primary N) is 1. The van der Waals surface area contributed by atoms with Gasteiger partial charge in [-0.25, -0.2) is 0 Å². The number of thioether (sulfide) groups is 2. The van der Waals surface area contributed by atoms with E-state index in [1.807, 2.05) is 13.1 Å². The van der Waals surface area contributed by atoms with E-state index >= 15 is 0 Å². The average Bonchev–Trinajstić information content (AvgIpc) is 3.13. The summed E-state index contributed by atoms with van der Waals surface area (Å²) in [4.78, 5) is 17.5. The molecule has 3 N–H and O–H groups in total. The SMILES string of the molecule is CC/C(C)=C(\S/C(NC(=O)Cc1ccc2c(c1)SC(N)N2C)=C(\C)CC)c1ccc(CC)cc1. The number of aryl methyl sites for hydroxylation is 1. The van der Waals surface area contributed by atoms with E-state index in [0.717, 1.165) is 40.4 Å². The third-order valence-corrected chi connectivity index (χ3v) is 8.90. The van der Waals surface area contributed by atoms with Crippen molar-refractivity contribution in [3.05, 3.63) is 75.3 Å². The fraction of sp³-hybridized carbons (Fsp3) is 0.393. The summed E-state index contributed by atoms with van der Waals surface area (Å²) in [6, 6.07) is 15.0. The molecule has 0 aliphatic carbocycles. The molecule has 4 nitrogen and oxygen atoms in total. The monoisotopic (exact) mass is 495 g/mol. The van der Waals surface area contributed by atoms with Crippen LogP contribution >= 0.6 is 23.5 Å². The molecule has 0 spiro atoms. The van der Waals surface area contributed by atoms with Gasteiger partial charge in [0.15, 0.2) is 0 Å². The lowest BCUT2D eigenvalue weighted by Gasteiger charge is -2.18. The highest BCUT2D eigenvalue weighted by Gasteiger charge is 2.24. The van der Waals surface area contributed by atoms with Crippen molar-refractivity contribution in [3.8, 4) is 0 Å². The zero-order chi connectivity index (χ0) is 24.8. The second-order valence-electron chi connectivity index (χ2n) is 8.72. The Balaban J connectivity index is 1.79.